The maximum atomic E-state index is 11.9. The number of ether oxygens (including phenoxy) is 4. The van der Waals surface area contributed by atoms with E-state index in [9.17, 15) is 4.79 Å². The molecule has 0 atom stereocenters. The minimum Gasteiger partial charge on any atom is -0.489 e. The van der Waals surface area contributed by atoms with Gasteiger partial charge in [-0.25, -0.2) is 4.79 Å². The molecule has 32 heavy (non-hydrogen) atoms. The van der Waals surface area contributed by atoms with E-state index in [2.05, 4.69) is 0 Å². The highest BCUT2D eigenvalue weighted by Crippen LogP contribution is 2.25. The van der Waals surface area contributed by atoms with Crippen molar-refractivity contribution in [1.29, 1.82) is 0 Å². The minimum absolute atomic E-state index is 0.118. The lowest BCUT2D eigenvalue weighted by Crippen LogP contribution is -2.26. The van der Waals surface area contributed by atoms with Crippen molar-refractivity contribution >= 4 is 5.97 Å². The number of carbonyl (C=O) groups excluding carboxylic acids is 1. The molecule has 0 aromatic heterocycles. The Balaban J connectivity index is 1.65. The molecule has 0 bridgehead atoms. The fourth-order valence-electron chi connectivity index (χ4n) is 2.99. The highest BCUT2D eigenvalue weighted by Gasteiger charge is 2.16. The summed E-state index contributed by atoms with van der Waals surface area (Å²) in [7, 11) is 0. The number of rotatable bonds is 10. The van der Waals surface area contributed by atoms with Crippen molar-refractivity contribution in [3.05, 3.63) is 95.6 Å². The van der Waals surface area contributed by atoms with Gasteiger partial charge in [-0.2, -0.15) is 0 Å². The summed E-state index contributed by atoms with van der Waals surface area (Å²) in [6.45, 7) is 6.50. The first kappa shape index (κ1) is 23.4. The lowest BCUT2D eigenvalue weighted by atomic mass is 10.2. The summed E-state index contributed by atoms with van der Waals surface area (Å²) in [5.74, 6) is 0.958. The number of carbonyl (C=O) groups is 1. The summed E-state index contributed by atoms with van der Waals surface area (Å²) >= 11 is 0. The Morgan fingerprint density at radius 3 is 1.66 bits per heavy atom. The van der Waals surface area contributed by atoms with Gasteiger partial charge in [-0.3, -0.25) is 0 Å². The molecule has 0 saturated heterocycles. The molecule has 0 aliphatic carbocycles. The van der Waals surface area contributed by atoms with Crippen molar-refractivity contribution < 1.29 is 23.7 Å². The van der Waals surface area contributed by atoms with Crippen molar-refractivity contribution in [2.45, 2.75) is 46.2 Å². The number of benzene rings is 3. The van der Waals surface area contributed by atoms with Crippen molar-refractivity contribution in [2.24, 2.45) is 0 Å². The lowest BCUT2D eigenvalue weighted by molar-refractivity contribution is -0.160. The SMILES string of the molecule is CC(C)(C)OC(=O)COCc1cc(OCc2ccccc2)cc(OCc2ccccc2)c1. The molecule has 0 aliphatic heterocycles. The van der Waals surface area contributed by atoms with E-state index in [-0.39, 0.29) is 13.2 Å². The smallest absolute Gasteiger partial charge is 0.332 e. The summed E-state index contributed by atoms with van der Waals surface area (Å²) in [6, 6.07) is 25.6. The molecule has 0 saturated carbocycles. The van der Waals surface area contributed by atoms with Crippen LogP contribution in [-0.4, -0.2) is 18.2 Å². The maximum Gasteiger partial charge on any atom is 0.332 e. The molecular weight excluding hydrogens is 404 g/mol. The van der Waals surface area contributed by atoms with Crippen LogP contribution in [0.15, 0.2) is 78.9 Å². The van der Waals surface area contributed by atoms with Gasteiger partial charge < -0.3 is 18.9 Å². The molecule has 0 fully saturated rings. The van der Waals surface area contributed by atoms with Crippen molar-refractivity contribution in [2.75, 3.05) is 6.61 Å². The van der Waals surface area contributed by atoms with Crippen molar-refractivity contribution in [1.82, 2.24) is 0 Å². The van der Waals surface area contributed by atoms with Gasteiger partial charge in [0.2, 0.25) is 0 Å². The van der Waals surface area contributed by atoms with E-state index in [4.69, 9.17) is 18.9 Å². The molecule has 0 unspecified atom stereocenters. The molecule has 3 aromatic carbocycles. The van der Waals surface area contributed by atoms with Crippen LogP contribution in [0.1, 0.15) is 37.5 Å². The van der Waals surface area contributed by atoms with E-state index in [0.717, 1.165) is 16.7 Å². The highest BCUT2D eigenvalue weighted by atomic mass is 16.6. The van der Waals surface area contributed by atoms with Crippen LogP contribution in [0.4, 0.5) is 0 Å². The minimum atomic E-state index is -0.538. The van der Waals surface area contributed by atoms with Gasteiger partial charge >= 0.3 is 5.97 Å². The van der Waals surface area contributed by atoms with Gasteiger partial charge in [-0.1, -0.05) is 60.7 Å². The second kappa shape index (κ2) is 11.3. The van der Waals surface area contributed by atoms with E-state index in [1.54, 1.807) is 0 Å². The fraction of sp³-hybridized carbons (Fsp3) is 0.296. The predicted octanol–water partition coefficient (Wildman–Crippen LogP) is 5.70. The zero-order valence-electron chi connectivity index (χ0n) is 18.9. The quantitative estimate of drug-likeness (QED) is 0.383. The van der Waals surface area contributed by atoms with Gasteiger partial charge in [0.1, 0.15) is 36.9 Å². The van der Waals surface area contributed by atoms with Crippen LogP contribution in [0.5, 0.6) is 11.5 Å². The Morgan fingerprint density at radius 1 is 0.688 bits per heavy atom. The summed E-state index contributed by atoms with van der Waals surface area (Å²) < 4.78 is 22.8. The van der Waals surface area contributed by atoms with E-state index < -0.39 is 11.6 Å². The average Bonchev–Trinajstić information content (AvgIpc) is 2.76. The first-order valence-corrected chi connectivity index (χ1v) is 10.6. The Morgan fingerprint density at radius 2 is 1.19 bits per heavy atom. The normalized spacial score (nSPS) is 11.1. The van der Waals surface area contributed by atoms with Crippen LogP contribution >= 0.6 is 0 Å². The Bertz CT molecular complexity index is 916. The second-order valence-corrected chi connectivity index (χ2v) is 8.44. The van der Waals surface area contributed by atoms with Crippen LogP contribution in [0.3, 0.4) is 0 Å². The van der Waals surface area contributed by atoms with Gasteiger partial charge in [-0.05, 0) is 49.6 Å². The molecule has 0 N–H and O–H groups in total. The van der Waals surface area contributed by atoms with E-state index in [1.807, 2.05) is 99.6 Å². The van der Waals surface area contributed by atoms with Gasteiger partial charge in [0.15, 0.2) is 0 Å². The monoisotopic (exact) mass is 434 g/mol. The Kier molecular flexibility index (Phi) is 8.28. The Labute approximate surface area is 189 Å². The molecule has 0 radical (unpaired) electrons. The van der Waals surface area contributed by atoms with Gasteiger partial charge in [0.05, 0.1) is 6.61 Å². The van der Waals surface area contributed by atoms with Crippen molar-refractivity contribution in [3.63, 3.8) is 0 Å². The standard InChI is InChI=1S/C27H30O5/c1-27(2,3)32-26(28)20-29-17-23-14-24(30-18-21-10-6-4-7-11-21)16-25(15-23)31-19-22-12-8-5-9-13-22/h4-16H,17-20H2,1-3H3. The van der Waals surface area contributed by atoms with Gasteiger partial charge in [-0.15, -0.1) is 0 Å². The maximum absolute atomic E-state index is 11.9. The summed E-state index contributed by atoms with van der Waals surface area (Å²) in [5, 5.41) is 0. The zero-order valence-corrected chi connectivity index (χ0v) is 18.9. The van der Waals surface area contributed by atoms with Crippen LogP contribution in [0.25, 0.3) is 0 Å². The third-order valence-electron chi connectivity index (χ3n) is 4.35. The fourth-order valence-corrected chi connectivity index (χ4v) is 2.99. The first-order chi connectivity index (χ1) is 15.4. The molecule has 0 spiro atoms. The van der Waals surface area contributed by atoms with Crippen LogP contribution < -0.4 is 9.47 Å². The van der Waals surface area contributed by atoms with E-state index in [0.29, 0.717) is 24.7 Å². The molecular formula is C27H30O5. The lowest BCUT2D eigenvalue weighted by Gasteiger charge is -2.19. The van der Waals surface area contributed by atoms with Crippen LogP contribution in [-0.2, 0) is 34.1 Å². The van der Waals surface area contributed by atoms with Gasteiger partial charge in [0, 0.05) is 6.07 Å². The Hall–Kier alpha value is -3.31. The van der Waals surface area contributed by atoms with Crippen molar-refractivity contribution in [3.8, 4) is 11.5 Å². The molecule has 3 aromatic rings. The van der Waals surface area contributed by atoms with Gasteiger partial charge in [0.25, 0.3) is 0 Å². The molecule has 0 heterocycles. The third kappa shape index (κ3) is 8.44. The first-order valence-electron chi connectivity index (χ1n) is 10.6. The zero-order chi connectivity index (χ0) is 22.8. The molecule has 0 aliphatic rings. The molecule has 3 rings (SSSR count). The van der Waals surface area contributed by atoms with E-state index in [1.165, 1.54) is 0 Å². The topological polar surface area (TPSA) is 54.0 Å². The number of esters is 1. The third-order valence-corrected chi connectivity index (χ3v) is 4.35. The van der Waals surface area contributed by atoms with Crippen LogP contribution in [0, 0.1) is 0 Å². The summed E-state index contributed by atoms with van der Waals surface area (Å²) in [5.41, 5.74) is 2.46. The largest absolute Gasteiger partial charge is 0.489 e. The average molecular weight is 435 g/mol. The highest BCUT2D eigenvalue weighted by molar-refractivity contribution is 5.71. The molecule has 5 nitrogen and oxygen atoms in total. The molecule has 0 amide bonds. The van der Waals surface area contributed by atoms with E-state index >= 15 is 0 Å². The number of hydrogen-bond acceptors (Lipinski definition) is 5. The number of hydrogen-bond donors (Lipinski definition) is 0. The predicted molar refractivity (Wildman–Crippen MR) is 123 cm³/mol. The molecule has 168 valence electrons. The summed E-state index contributed by atoms with van der Waals surface area (Å²) in [6.07, 6.45) is 0. The summed E-state index contributed by atoms with van der Waals surface area (Å²) in [4.78, 5) is 11.9. The second-order valence-electron chi connectivity index (χ2n) is 8.44. The van der Waals surface area contributed by atoms with Crippen LogP contribution in [0.2, 0.25) is 0 Å². The molecule has 5 heteroatoms.